The standard InChI is InChI=1S/C18H22ClN5O/c1-3-23-7-9-24(10-8-23)18-20-12-16(13(2)21-18)17(25)22-15-6-4-5-14(19)11-15/h4-6,11-12H,3,7-10H2,1-2H3,(H,22,25). The number of halogens is 1. The molecule has 0 spiro atoms. The van der Waals surface area contributed by atoms with Crippen molar-refractivity contribution in [2.75, 3.05) is 42.9 Å². The molecule has 2 aromatic rings. The third-order valence-corrected chi connectivity index (χ3v) is 4.63. The van der Waals surface area contributed by atoms with Crippen LogP contribution in [0.1, 0.15) is 23.0 Å². The van der Waals surface area contributed by atoms with Gasteiger partial charge in [-0.25, -0.2) is 9.97 Å². The van der Waals surface area contributed by atoms with Gasteiger partial charge in [-0.1, -0.05) is 24.6 Å². The second-order valence-electron chi connectivity index (χ2n) is 6.05. The zero-order chi connectivity index (χ0) is 17.8. The van der Waals surface area contributed by atoms with Crippen LogP contribution in [0.4, 0.5) is 11.6 Å². The molecule has 1 aromatic carbocycles. The van der Waals surface area contributed by atoms with E-state index in [4.69, 9.17) is 11.6 Å². The van der Waals surface area contributed by atoms with Crippen LogP contribution in [0.15, 0.2) is 30.5 Å². The lowest BCUT2D eigenvalue weighted by Gasteiger charge is -2.34. The molecular formula is C18H22ClN5O. The van der Waals surface area contributed by atoms with Crippen LogP contribution in [0.3, 0.4) is 0 Å². The van der Waals surface area contributed by atoms with Gasteiger partial charge in [0, 0.05) is 43.1 Å². The number of piperazine rings is 1. The Kier molecular flexibility index (Phi) is 5.50. The van der Waals surface area contributed by atoms with Gasteiger partial charge in [-0.2, -0.15) is 0 Å². The van der Waals surface area contributed by atoms with Crippen LogP contribution < -0.4 is 10.2 Å². The van der Waals surface area contributed by atoms with E-state index in [0.29, 0.717) is 27.9 Å². The minimum atomic E-state index is -0.234. The van der Waals surface area contributed by atoms with Crippen molar-refractivity contribution in [3.05, 3.63) is 46.7 Å². The molecule has 7 heteroatoms. The molecule has 0 bridgehead atoms. The second kappa shape index (κ2) is 7.80. The number of rotatable bonds is 4. The van der Waals surface area contributed by atoms with E-state index in [2.05, 4.69) is 32.0 Å². The quantitative estimate of drug-likeness (QED) is 0.909. The number of anilines is 2. The Morgan fingerprint density at radius 1 is 1.28 bits per heavy atom. The van der Waals surface area contributed by atoms with Gasteiger partial charge in [0.05, 0.1) is 11.3 Å². The molecule has 1 aromatic heterocycles. The molecule has 1 saturated heterocycles. The summed E-state index contributed by atoms with van der Waals surface area (Å²) in [6.45, 7) is 8.90. The summed E-state index contributed by atoms with van der Waals surface area (Å²) in [5, 5.41) is 3.40. The maximum Gasteiger partial charge on any atom is 0.259 e. The minimum absolute atomic E-state index is 0.234. The Hall–Kier alpha value is -2.18. The number of hydrogen-bond acceptors (Lipinski definition) is 5. The molecule has 2 heterocycles. The Labute approximate surface area is 152 Å². The topological polar surface area (TPSA) is 61.4 Å². The highest BCUT2D eigenvalue weighted by molar-refractivity contribution is 6.30. The molecule has 6 nitrogen and oxygen atoms in total. The average Bonchev–Trinajstić information content (AvgIpc) is 2.61. The lowest BCUT2D eigenvalue weighted by Crippen LogP contribution is -2.46. The van der Waals surface area contributed by atoms with Gasteiger partial charge in [-0.05, 0) is 31.7 Å². The molecule has 1 aliphatic rings. The molecule has 132 valence electrons. The lowest BCUT2D eigenvalue weighted by atomic mass is 10.2. The molecule has 0 radical (unpaired) electrons. The van der Waals surface area contributed by atoms with Crippen LogP contribution in [0.25, 0.3) is 0 Å². The fraction of sp³-hybridized carbons (Fsp3) is 0.389. The summed E-state index contributed by atoms with van der Waals surface area (Å²) in [4.78, 5) is 26.0. The Morgan fingerprint density at radius 3 is 2.68 bits per heavy atom. The number of likely N-dealkylation sites (N-methyl/N-ethyl adjacent to an activating group) is 1. The van der Waals surface area contributed by atoms with E-state index < -0.39 is 0 Å². The number of nitrogens with one attached hydrogen (secondary N) is 1. The van der Waals surface area contributed by atoms with Gasteiger partial charge in [0.25, 0.3) is 5.91 Å². The molecule has 0 unspecified atom stereocenters. The van der Waals surface area contributed by atoms with E-state index in [1.54, 1.807) is 30.5 Å². The van der Waals surface area contributed by atoms with Crippen molar-refractivity contribution in [1.82, 2.24) is 14.9 Å². The van der Waals surface area contributed by atoms with Gasteiger partial charge in [-0.15, -0.1) is 0 Å². The first-order chi connectivity index (χ1) is 12.1. The summed E-state index contributed by atoms with van der Waals surface area (Å²) in [7, 11) is 0. The van der Waals surface area contributed by atoms with Gasteiger partial charge in [0.2, 0.25) is 5.95 Å². The van der Waals surface area contributed by atoms with Crippen LogP contribution >= 0.6 is 11.6 Å². The van der Waals surface area contributed by atoms with Crippen LogP contribution in [-0.2, 0) is 0 Å². The molecule has 25 heavy (non-hydrogen) atoms. The van der Waals surface area contributed by atoms with E-state index >= 15 is 0 Å². The first kappa shape index (κ1) is 17.6. The predicted molar refractivity (Wildman–Crippen MR) is 101 cm³/mol. The smallest absolute Gasteiger partial charge is 0.259 e. The number of aromatic nitrogens is 2. The third kappa shape index (κ3) is 4.27. The molecule has 1 aliphatic heterocycles. The van der Waals surface area contributed by atoms with E-state index in [-0.39, 0.29) is 5.91 Å². The largest absolute Gasteiger partial charge is 0.338 e. The van der Waals surface area contributed by atoms with Crippen molar-refractivity contribution in [3.63, 3.8) is 0 Å². The van der Waals surface area contributed by atoms with Crippen LogP contribution in [0.5, 0.6) is 0 Å². The van der Waals surface area contributed by atoms with Crippen molar-refractivity contribution in [2.45, 2.75) is 13.8 Å². The van der Waals surface area contributed by atoms with Crippen LogP contribution in [-0.4, -0.2) is 53.5 Å². The van der Waals surface area contributed by atoms with Crippen LogP contribution in [0.2, 0.25) is 5.02 Å². The van der Waals surface area contributed by atoms with E-state index in [0.717, 1.165) is 32.7 Å². The predicted octanol–water partition coefficient (Wildman–Crippen LogP) is 2.83. The first-order valence-electron chi connectivity index (χ1n) is 8.44. The van der Waals surface area contributed by atoms with Crippen molar-refractivity contribution < 1.29 is 4.79 Å². The highest BCUT2D eigenvalue weighted by atomic mass is 35.5. The van der Waals surface area contributed by atoms with Gasteiger partial charge in [0.15, 0.2) is 0 Å². The first-order valence-corrected chi connectivity index (χ1v) is 8.82. The van der Waals surface area contributed by atoms with Gasteiger partial charge < -0.3 is 15.1 Å². The van der Waals surface area contributed by atoms with Gasteiger partial charge in [0.1, 0.15) is 0 Å². The maximum atomic E-state index is 12.5. The maximum absolute atomic E-state index is 12.5. The third-order valence-electron chi connectivity index (χ3n) is 4.40. The summed E-state index contributed by atoms with van der Waals surface area (Å²) < 4.78 is 0. The van der Waals surface area contributed by atoms with Crippen molar-refractivity contribution in [1.29, 1.82) is 0 Å². The van der Waals surface area contributed by atoms with Crippen molar-refractivity contribution in [3.8, 4) is 0 Å². The number of aryl methyl sites for hydroxylation is 1. The van der Waals surface area contributed by atoms with Crippen LogP contribution in [0, 0.1) is 6.92 Å². The molecular weight excluding hydrogens is 338 g/mol. The number of carbonyl (C=O) groups is 1. The number of benzene rings is 1. The van der Waals surface area contributed by atoms with Gasteiger partial charge in [-0.3, -0.25) is 4.79 Å². The average molecular weight is 360 g/mol. The fourth-order valence-electron chi connectivity index (χ4n) is 2.86. The monoisotopic (exact) mass is 359 g/mol. The summed E-state index contributed by atoms with van der Waals surface area (Å²) in [5.41, 5.74) is 1.79. The molecule has 1 N–H and O–H groups in total. The highest BCUT2D eigenvalue weighted by Gasteiger charge is 2.19. The Balaban J connectivity index is 1.70. The lowest BCUT2D eigenvalue weighted by molar-refractivity contribution is 0.102. The summed E-state index contributed by atoms with van der Waals surface area (Å²) >= 11 is 5.95. The number of carbonyl (C=O) groups excluding carboxylic acids is 1. The highest BCUT2D eigenvalue weighted by Crippen LogP contribution is 2.18. The van der Waals surface area contributed by atoms with E-state index in [9.17, 15) is 4.79 Å². The minimum Gasteiger partial charge on any atom is -0.338 e. The van der Waals surface area contributed by atoms with E-state index in [1.807, 2.05) is 6.92 Å². The Bertz CT molecular complexity index is 759. The molecule has 0 aliphatic carbocycles. The fourth-order valence-corrected chi connectivity index (χ4v) is 3.05. The molecule has 1 amide bonds. The van der Waals surface area contributed by atoms with Crippen molar-refractivity contribution >= 4 is 29.1 Å². The summed E-state index contributed by atoms with van der Waals surface area (Å²) in [6, 6.07) is 7.05. The number of amides is 1. The summed E-state index contributed by atoms with van der Waals surface area (Å²) in [5.74, 6) is 0.453. The van der Waals surface area contributed by atoms with E-state index in [1.165, 1.54) is 0 Å². The molecule has 0 saturated carbocycles. The molecule has 0 atom stereocenters. The van der Waals surface area contributed by atoms with Crippen molar-refractivity contribution in [2.24, 2.45) is 0 Å². The number of nitrogens with zero attached hydrogens (tertiary/aromatic N) is 4. The Morgan fingerprint density at radius 2 is 2.04 bits per heavy atom. The second-order valence-corrected chi connectivity index (χ2v) is 6.49. The number of hydrogen-bond donors (Lipinski definition) is 1. The molecule has 3 rings (SSSR count). The zero-order valence-electron chi connectivity index (χ0n) is 14.5. The molecule has 1 fully saturated rings. The summed E-state index contributed by atoms with van der Waals surface area (Å²) in [6.07, 6.45) is 1.60. The SMILES string of the molecule is CCN1CCN(c2ncc(C(=O)Nc3cccc(Cl)c3)c(C)n2)CC1. The normalized spacial score (nSPS) is 15.2. The zero-order valence-corrected chi connectivity index (χ0v) is 15.3. The van der Waals surface area contributed by atoms with Gasteiger partial charge >= 0.3 is 0 Å².